The molecule has 1 amide bonds. The first kappa shape index (κ1) is 17.7. The van der Waals surface area contributed by atoms with Gasteiger partial charge in [-0.25, -0.2) is 0 Å². The molecule has 0 aliphatic heterocycles. The number of rotatable bonds is 7. The fourth-order valence-electron chi connectivity index (χ4n) is 1.50. The summed E-state index contributed by atoms with van der Waals surface area (Å²) in [6, 6.07) is 5.26. The number of ether oxygens (including phenoxy) is 2. The molecule has 0 heterocycles. The molecule has 3 N–H and O–H groups in total. The van der Waals surface area contributed by atoms with Crippen LogP contribution in [0.3, 0.4) is 0 Å². The lowest BCUT2D eigenvalue weighted by Crippen LogP contribution is -2.28. The highest BCUT2D eigenvalue weighted by atomic mass is 32.1. The van der Waals surface area contributed by atoms with Crippen LogP contribution in [0.25, 0.3) is 0 Å². The molecule has 120 valence electrons. The molecule has 0 saturated carbocycles. The van der Waals surface area contributed by atoms with Crippen molar-refractivity contribution in [1.29, 1.82) is 0 Å². The molecule has 0 aromatic heterocycles. The number of hydrazone groups is 1. The third kappa shape index (κ3) is 5.96. The topological polar surface area (TPSA) is 84.0 Å². The predicted molar refractivity (Wildman–Crippen MR) is 89.6 cm³/mol. The Hall–Kier alpha value is -2.35. The van der Waals surface area contributed by atoms with Crippen LogP contribution in [0.1, 0.15) is 12.5 Å². The van der Waals surface area contributed by atoms with Crippen molar-refractivity contribution in [3.63, 3.8) is 0 Å². The first-order chi connectivity index (χ1) is 10.6. The molecule has 1 aromatic carbocycles. The summed E-state index contributed by atoms with van der Waals surface area (Å²) in [5.74, 6) is 0.828. The van der Waals surface area contributed by atoms with E-state index in [1.54, 1.807) is 31.5 Å². The Morgan fingerprint density at radius 1 is 1.41 bits per heavy atom. The Morgan fingerprint density at radius 2 is 2.18 bits per heavy atom. The Balaban J connectivity index is 2.70. The van der Waals surface area contributed by atoms with E-state index < -0.39 is 0 Å². The number of benzene rings is 1. The Kier molecular flexibility index (Phi) is 7.69. The van der Waals surface area contributed by atoms with Crippen molar-refractivity contribution in [3.05, 3.63) is 23.8 Å². The molecule has 8 heteroatoms. The summed E-state index contributed by atoms with van der Waals surface area (Å²) in [6.07, 6.45) is 1.60. The van der Waals surface area contributed by atoms with Crippen molar-refractivity contribution in [1.82, 2.24) is 16.1 Å². The second kappa shape index (κ2) is 9.56. The van der Waals surface area contributed by atoms with E-state index in [-0.39, 0.29) is 12.5 Å². The Labute approximate surface area is 135 Å². The SMILES string of the molecule is CCNC(=O)COc1ccc(/C=N/NC(=S)NC)cc1OC. The van der Waals surface area contributed by atoms with Gasteiger partial charge in [-0.05, 0) is 42.9 Å². The van der Waals surface area contributed by atoms with E-state index in [1.165, 1.54) is 7.11 Å². The van der Waals surface area contributed by atoms with Gasteiger partial charge in [0.1, 0.15) is 0 Å². The maximum absolute atomic E-state index is 11.4. The number of hydrogen-bond donors (Lipinski definition) is 3. The van der Waals surface area contributed by atoms with E-state index in [1.807, 2.05) is 6.92 Å². The maximum atomic E-state index is 11.4. The molecular formula is C14H20N4O3S. The van der Waals surface area contributed by atoms with Gasteiger partial charge in [-0.15, -0.1) is 0 Å². The fourth-order valence-corrected chi connectivity index (χ4v) is 1.55. The van der Waals surface area contributed by atoms with Crippen LogP contribution in [0.15, 0.2) is 23.3 Å². The highest BCUT2D eigenvalue weighted by Crippen LogP contribution is 2.27. The molecule has 0 spiro atoms. The van der Waals surface area contributed by atoms with Crippen LogP contribution < -0.4 is 25.5 Å². The second-order valence-corrected chi connectivity index (χ2v) is 4.51. The number of nitrogens with one attached hydrogen (secondary N) is 3. The van der Waals surface area contributed by atoms with Gasteiger partial charge in [-0.1, -0.05) is 0 Å². The minimum atomic E-state index is -0.181. The van der Waals surface area contributed by atoms with E-state index >= 15 is 0 Å². The normalized spacial score (nSPS) is 10.1. The molecule has 0 aliphatic rings. The molecule has 0 unspecified atom stereocenters. The average molecular weight is 324 g/mol. The average Bonchev–Trinajstić information content (AvgIpc) is 2.53. The van der Waals surface area contributed by atoms with Gasteiger partial charge in [-0.3, -0.25) is 10.2 Å². The van der Waals surface area contributed by atoms with Gasteiger partial charge < -0.3 is 20.1 Å². The van der Waals surface area contributed by atoms with Crippen molar-refractivity contribution < 1.29 is 14.3 Å². The Morgan fingerprint density at radius 3 is 2.82 bits per heavy atom. The monoisotopic (exact) mass is 324 g/mol. The van der Waals surface area contributed by atoms with Crippen molar-refractivity contribution in [2.45, 2.75) is 6.92 Å². The lowest BCUT2D eigenvalue weighted by Gasteiger charge is -2.11. The number of amides is 1. The van der Waals surface area contributed by atoms with Crippen molar-refractivity contribution >= 4 is 29.5 Å². The van der Waals surface area contributed by atoms with Crippen molar-refractivity contribution in [2.24, 2.45) is 5.10 Å². The Bertz CT molecular complexity index is 549. The summed E-state index contributed by atoms with van der Waals surface area (Å²) in [4.78, 5) is 11.4. The zero-order valence-corrected chi connectivity index (χ0v) is 13.6. The van der Waals surface area contributed by atoms with Gasteiger partial charge in [0.2, 0.25) is 0 Å². The summed E-state index contributed by atoms with van der Waals surface area (Å²) >= 11 is 4.90. The van der Waals surface area contributed by atoms with Gasteiger partial charge in [-0.2, -0.15) is 5.10 Å². The van der Waals surface area contributed by atoms with Gasteiger partial charge in [0, 0.05) is 13.6 Å². The van der Waals surface area contributed by atoms with E-state index in [4.69, 9.17) is 21.7 Å². The number of methoxy groups -OCH3 is 1. The van der Waals surface area contributed by atoms with Crippen LogP contribution >= 0.6 is 12.2 Å². The van der Waals surface area contributed by atoms with Gasteiger partial charge in [0.25, 0.3) is 5.91 Å². The highest BCUT2D eigenvalue weighted by Gasteiger charge is 2.07. The molecule has 0 saturated heterocycles. The summed E-state index contributed by atoms with van der Waals surface area (Å²) in [5, 5.41) is 9.80. The minimum absolute atomic E-state index is 0.0599. The van der Waals surface area contributed by atoms with Crippen LogP contribution in [0.5, 0.6) is 11.5 Å². The molecule has 0 atom stereocenters. The third-order valence-corrected chi connectivity index (χ3v) is 2.82. The molecule has 0 aliphatic carbocycles. The number of nitrogens with zero attached hydrogens (tertiary/aromatic N) is 1. The number of hydrogen-bond acceptors (Lipinski definition) is 5. The van der Waals surface area contributed by atoms with E-state index in [0.717, 1.165) is 5.56 Å². The molecule has 0 bridgehead atoms. The quantitative estimate of drug-likeness (QED) is 0.388. The molecule has 1 aromatic rings. The van der Waals surface area contributed by atoms with E-state index in [9.17, 15) is 4.79 Å². The summed E-state index contributed by atoms with van der Waals surface area (Å²) < 4.78 is 10.7. The number of carbonyl (C=O) groups excluding carboxylic acids is 1. The standard InChI is InChI=1S/C14H20N4O3S/c1-4-16-13(19)9-21-11-6-5-10(7-12(11)20-3)8-17-18-14(22)15-2/h5-8H,4,9H2,1-3H3,(H,16,19)(H2,15,18,22)/b17-8+. The zero-order valence-electron chi connectivity index (χ0n) is 12.8. The van der Waals surface area contributed by atoms with Crippen LogP contribution in [0, 0.1) is 0 Å². The molecule has 0 radical (unpaired) electrons. The second-order valence-electron chi connectivity index (χ2n) is 4.10. The van der Waals surface area contributed by atoms with Gasteiger partial charge in [0.05, 0.1) is 13.3 Å². The van der Waals surface area contributed by atoms with Crippen molar-refractivity contribution in [2.75, 3.05) is 27.3 Å². The minimum Gasteiger partial charge on any atom is -0.493 e. The maximum Gasteiger partial charge on any atom is 0.257 e. The fraction of sp³-hybridized carbons (Fsp3) is 0.357. The number of carbonyl (C=O) groups is 1. The highest BCUT2D eigenvalue weighted by molar-refractivity contribution is 7.80. The van der Waals surface area contributed by atoms with E-state index in [0.29, 0.717) is 23.2 Å². The molecule has 0 fully saturated rings. The number of likely N-dealkylation sites (N-methyl/N-ethyl adjacent to an activating group) is 1. The van der Waals surface area contributed by atoms with Crippen LogP contribution in [-0.4, -0.2) is 44.5 Å². The molecule has 1 rings (SSSR count). The smallest absolute Gasteiger partial charge is 0.257 e. The van der Waals surface area contributed by atoms with E-state index in [2.05, 4.69) is 21.2 Å². The predicted octanol–water partition coefficient (Wildman–Crippen LogP) is 0.638. The molecule has 7 nitrogen and oxygen atoms in total. The lowest BCUT2D eigenvalue weighted by molar-refractivity contribution is -0.123. The summed E-state index contributed by atoms with van der Waals surface area (Å²) in [6.45, 7) is 2.35. The molecule has 22 heavy (non-hydrogen) atoms. The van der Waals surface area contributed by atoms with Gasteiger partial charge in [0.15, 0.2) is 23.2 Å². The largest absolute Gasteiger partial charge is 0.493 e. The summed E-state index contributed by atoms with van der Waals surface area (Å²) in [5.41, 5.74) is 3.45. The lowest BCUT2D eigenvalue weighted by atomic mass is 10.2. The summed E-state index contributed by atoms with van der Waals surface area (Å²) in [7, 11) is 3.23. The first-order valence-electron chi connectivity index (χ1n) is 6.69. The molecular weight excluding hydrogens is 304 g/mol. The van der Waals surface area contributed by atoms with Crippen LogP contribution in [-0.2, 0) is 4.79 Å². The van der Waals surface area contributed by atoms with Crippen LogP contribution in [0.2, 0.25) is 0 Å². The number of thiocarbonyl (C=S) groups is 1. The third-order valence-electron chi connectivity index (χ3n) is 2.53. The van der Waals surface area contributed by atoms with Crippen molar-refractivity contribution in [3.8, 4) is 11.5 Å². The zero-order chi connectivity index (χ0) is 16.4. The van der Waals surface area contributed by atoms with Crippen LogP contribution in [0.4, 0.5) is 0 Å². The first-order valence-corrected chi connectivity index (χ1v) is 7.09. The van der Waals surface area contributed by atoms with Gasteiger partial charge >= 0.3 is 0 Å².